The number of thioether (sulfide) groups is 1. The molecule has 2 heterocycles. The molecule has 0 aliphatic heterocycles. The number of amides is 4. The van der Waals surface area contributed by atoms with E-state index in [0.29, 0.717) is 58.6 Å². The molecule has 2 aromatic heterocycles. The molecule has 260 valence electrons. The van der Waals surface area contributed by atoms with Gasteiger partial charge in [0.05, 0.1) is 34.1 Å². The maximum absolute atomic E-state index is 13.1. The molecule has 0 fully saturated rings. The first-order chi connectivity index (χ1) is 22.4. The van der Waals surface area contributed by atoms with Gasteiger partial charge in [-0.05, 0) is 66.5 Å². The van der Waals surface area contributed by atoms with Crippen LogP contribution >= 0.6 is 34.4 Å². The van der Waals surface area contributed by atoms with Crippen molar-refractivity contribution in [3.05, 3.63) is 32.0 Å². The topological polar surface area (TPSA) is 151 Å². The number of nitrogens with one attached hydrogen (secondary N) is 2. The van der Waals surface area contributed by atoms with Crippen molar-refractivity contribution < 1.29 is 38.2 Å². The first-order valence-corrected chi connectivity index (χ1v) is 18.6. The second-order valence-electron chi connectivity index (χ2n) is 10.1. The Bertz CT molecular complexity index is 1340. The second-order valence-corrected chi connectivity index (χ2v) is 13.4. The molecule has 47 heavy (non-hydrogen) atoms. The zero-order valence-electron chi connectivity index (χ0n) is 28.5. The quantitative estimate of drug-likeness (QED) is 0.144. The van der Waals surface area contributed by atoms with Crippen molar-refractivity contribution in [1.29, 1.82) is 0 Å². The van der Waals surface area contributed by atoms with Crippen molar-refractivity contribution in [2.45, 2.75) is 68.2 Å². The van der Waals surface area contributed by atoms with Gasteiger partial charge < -0.3 is 29.9 Å². The van der Waals surface area contributed by atoms with E-state index in [-0.39, 0.29) is 70.8 Å². The van der Waals surface area contributed by atoms with Crippen molar-refractivity contribution in [3.8, 4) is 0 Å². The van der Waals surface area contributed by atoms with Crippen LogP contribution in [0.1, 0.15) is 106 Å². The van der Waals surface area contributed by atoms with E-state index in [1.165, 1.54) is 11.8 Å². The molecule has 0 aliphatic carbocycles. The minimum atomic E-state index is -0.605. The average Bonchev–Trinajstić information content (AvgIpc) is 3.53. The molecule has 0 saturated carbocycles. The van der Waals surface area contributed by atoms with E-state index in [1.54, 1.807) is 37.5 Å². The summed E-state index contributed by atoms with van der Waals surface area (Å²) in [4.78, 5) is 81.3. The predicted octanol–water partition coefficient (Wildman–Crippen LogP) is 5.83. The summed E-state index contributed by atoms with van der Waals surface area (Å²) in [6, 6.07) is 0. The number of nitrogens with zero attached hydrogens (tertiary/aromatic N) is 2. The van der Waals surface area contributed by atoms with Crippen molar-refractivity contribution >= 4 is 80.0 Å². The maximum Gasteiger partial charge on any atom is 0.341 e. The fraction of sp³-hybridized carbons (Fsp3) is 0.562. The molecule has 0 unspecified atom stereocenters. The minimum absolute atomic E-state index is 0.110. The van der Waals surface area contributed by atoms with Crippen molar-refractivity contribution in [2.75, 3.05) is 61.5 Å². The highest BCUT2D eigenvalue weighted by molar-refractivity contribution is 7.99. The molecule has 12 nitrogen and oxygen atoms in total. The van der Waals surface area contributed by atoms with Crippen LogP contribution in [0.25, 0.3) is 0 Å². The number of carbonyl (C=O) groups excluding carboxylic acids is 6. The van der Waals surface area contributed by atoms with E-state index in [2.05, 4.69) is 10.6 Å². The van der Waals surface area contributed by atoms with Gasteiger partial charge in [0.15, 0.2) is 0 Å². The number of hydrogen-bond acceptors (Lipinski definition) is 11. The summed E-state index contributed by atoms with van der Waals surface area (Å²) >= 11 is 3.51. The fourth-order valence-electron chi connectivity index (χ4n) is 4.63. The van der Waals surface area contributed by atoms with Gasteiger partial charge in [-0.15, -0.1) is 22.7 Å². The number of esters is 2. The number of anilines is 2. The van der Waals surface area contributed by atoms with Crippen LogP contribution in [0.3, 0.4) is 0 Å². The molecule has 0 aromatic carbocycles. The minimum Gasteiger partial charge on any atom is -0.462 e. The van der Waals surface area contributed by atoms with E-state index < -0.39 is 11.9 Å². The molecule has 15 heteroatoms. The SMILES string of the molecule is CCOC(=O)c1c(NC(=O)CCSCCC(=O)Nc2sc(C(=O)N(CC)CC)c(C)c2C(=O)OCC)sc(C(=O)N(CC)CC)c1C. The monoisotopic (exact) mass is 710 g/mol. The Morgan fingerprint density at radius 1 is 0.617 bits per heavy atom. The Kier molecular flexibility index (Phi) is 16.4. The molecule has 0 saturated heterocycles. The van der Waals surface area contributed by atoms with Crippen LogP contribution in [0, 0.1) is 13.8 Å². The van der Waals surface area contributed by atoms with Gasteiger partial charge in [-0.1, -0.05) is 0 Å². The van der Waals surface area contributed by atoms with Gasteiger partial charge in [-0.25, -0.2) is 9.59 Å². The summed E-state index contributed by atoms with van der Waals surface area (Å²) in [7, 11) is 0. The van der Waals surface area contributed by atoms with E-state index in [0.717, 1.165) is 22.7 Å². The van der Waals surface area contributed by atoms with Gasteiger partial charge in [-0.3, -0.25) is 19.2 Å². The largest absolute Gasteiger partial charge is 0.462 e. The highest BCUT2D eigenvalue weighted by atomic mass is 32.2. The molecule has 2 N–H and O–H groups in total. The van der Waals surface area contributed by atoms with Crippen LogP contribution in [0.5, 0.6) is 0 Å². The number of rotatable bonds is 18. The van der Waals surface area contributed by atoms with Crippen LogP contribution in [-0.4, -0.2) is 96.3 Å². The lowest BCUT2D eigenvalue weighted by atomic mass is 10.1. The highest BCUT2D eigenvalue weighted by Gasteiger charge is 2.29. The fourth-order valence-corrected chi connectivity index (χ4v) is 7.85. The number of carbonyl (C=O) groups is 6. The normalized spacial score (nSPS) is 10.7. The zero-order valence-corrected chi connectivity index (χ0v) is 30.9. The Hall–Kier alpha value is -3.43. The molecule has 0 radical (unpaired) electrons. The highest BCUT2D eigenvalue weighted by Crippen LogP contribution is 2.36. The van der Waals surface area contributed by atoms with E-state index >= 15 is 0 Å². The molecule has 0 atom stereocenters. The molecule has 4 amide bonds. The van der Waals surface area contributed by atoms with Crippen LogP contribution in [0.2, 0.25) is 0 Å². The first kappa shape index (κ1) is 39.7. The van der Waals surface area contributed by atoms with Gasteiger partial charge in [-0.2, -0.15) is 11.8 Å². The van der Waals surface area contributed by atoms with Gasteiger partial charge in [0.2, 0.25) is 11.8 Å². The van der Waals surface area contributed by atoms with E-state index in [4.69, 9.17) is 9.47 Å². The third-order valence-corrected chi connectivity index (χ3v) is 10.6. The number of hydrogen-bond donors (Lipinski definition) is 2. The summed E-state index contributed by atoms with van der Waals surface area (Å²) in [5, 5.41) is 6.09. The summed E-state index contributed by atoms with van der Waals surface area (Å²) < 4.78 is 10.4. The predicted molar refractivity (Wildman–Crippen MR) is 188 cm³/mol. The lowest BCUT2D eigenvalue weighted by Gasteiger charge is -2.18. The lowest BCUT2D eigenvalue weighted by Crippen LogP contribution is -2.30. The van der Waals surface area contributed by atoms with E-state index in [1.807, 2.05) is 27.7 Å². The Balaban J connectivity index is 2.03. The van der Waals surface area contributed by atoms with Gasteiger partial charge in [0.1, 0.15) is 10.0 Å². The number of thiophene rings is 2. The summed E-state index contributed by atoms with van der Waals surface area (Å²) in [5.74, 6) is -1.51. The van der Waals surface area contributed by atoms with Crippen LogP contribution in [0.4, 0.5) is 10.0 Å². The first-order valence-electron chi connectivity index (χ1n) is 15.8. The third-order valence-electron chi connectivity index (χ3n) is 7.20. The van der Waals surface area contributed by atoms with Gasteiger partial charge in [0.25, 0.3) is 11.8 Å². The van der Waals surface area contributed by atoms with Crippen LogP contribution < -0.4 is 10.6 Å². The smallest absolute Gasteiger partial charge is 0.341 e. The third kappa shape index (κ3) is 10.3. The second kappa shape index (κ2) is 19.4. The molecule has 0 aliphatic rings. The summed E-state index contributed by atoms with van der Waals surface area (Å²) in [6.45, 7) is 16.5. The van der Waals surface area contributed by atoms with Crippen LogP contribution in [-0.2, 0) is 19.1 Å². The Morgan fingerprint density at radius 2 is 0.957 bits per heavy atom. The van der Waals surface area contributed by atoms with Crippen LogP contribution in [0.15, 0.2) is 0 Å². The zero-order chi connectivity index (χ0) is 35.3. The van der Waals surface area contributed by atoms with Crippen molar-refractivity contribution in [2.24, 2.45) is 0 Å². The molecular weight excluding hydrogens is 665 g/mol. The summed E-state index contributed by atoms with van der Waals surface area (Å²) in [5.41, 5.74) is 1.30. The average molecular weight is 711 g/mol. The standard InChI is InChI=1S/C32H46N4O8S3/c1-9-35(10-2)29(39)25-19(7)23(31(41)43-13-5)27(46-25)33-21(37)15-17-45-18-16-22(38)34-28-24(32(42)44-14-6)20(8)26(47-28)30(40)36(11-3)12-4/h9-18H2,1-8H3,(H,33,37)(H,34,38). The number of ether oxygens (including phenoxy) is 2. The maximum atomic E-state index is 13.1. The van der Waals surface area contributed by atoms with E-state index in [9.17, 15) is 28.8 Å². The molecule has 2 rings (SSSR count). The lowest BCUT2D eigenvalue weighted by molar-refractivity contribution is -0.116. The molecular formula is C32H46N4O8S3. The Morgan fingerprint density at radius 3 is 1.26 bits per heavy atom. The van der Waals surface area contributed by atoms with Gasteiger partial charge >= 0.3 is 11.9 Å². The molecule has 2 aromatic rings. The molecule has 0 spiro atoms. The van der Waals surface area contributed by atoms with Crippen molar-refractivity contribution in [1.82, 2.24) is 9.80 Å². The van der Waals surface area contributed by atoms with Crippen molar-refractivity contribution in [3.63, 3.8) is 0 Å². The Labute approximate surface area is 288 Å². The summed E-state index contributed by atoms with van der Waals surface area (Å²) in [6.07, 6.45) is 0.220. The van der Waals surface area contributed by atoms with Gasteiger partial charge in [0, 0.05) is 50.5 Å². The molecule has 0 bridgehead atoms.